The van der Waals surface area contributed by atoms with Crippen LogP contribution in [0.2, 0.25) is 0 Å². The molecule has 21 heavy (non-hydrogen) atoms. The predicted molar refractivity (Wildman–Crippen MR) is 82.8 cm³/mol. The summed E-state index contributed by atoms with van der Waals surface area (Å²) in [5, 5.41) is 3.36. The molecule has 0 saturated carbocycles. The lowest BCUT2D eigenvalue weighted by Crippen LogP contribution is -2.24. The summed E-state index contributed by atoms with van der Waals surface area (Å²) in [6, 6.07) is 6.44. The Balaban J connectivity index is 2.28. The van der Waals surface area contributed by atoms with Gasteiger partial charge in [0.2, 0.25) is 5.88 Å². The van der Waals surface area contributed by atoms with Gasteiger partial charge in [-0.2, -0.15) is 0 Å². The number of nitrogens with zero attached hydrogens (tertiary/aromatic N) is 2. The largest absolute Gasteiger partial charge is 0.481 e. The van der Waals surface area contributed by atoms with E-state index < -0.39 is 0 Å². The molecule has 1 unspecified atom stereocenters. The topological polar surface area (TPSA) is 47.0 Å². The average Bonchev–Trinajstić information content (AvgIpc) is 2.50. The summed E-state index contributed by atoms with van der Waals surface area (Å²) in [6.07, 6.45) is 2.09. The third-order valence-corrected chi connectivity index (χ3v) is 3.89. The highest BCUT2D eigenvalue weighted by Gasteiger charge is 2.16. The predicted octanol–water partition coefficient (Wildman–Crippen LogP) is 3.28. The van der Waals surface area contributed by atoms with Crippen molar-refractivity contribution < 1.29 is 9.13 Å². The van der Waals surface area contributed by atoms with Crippen molar-refractivity contribution in [2.24, 2.45) is 0 Å². The van der Waals surface area contributed by atoms with Crippen molar-refractivity contribution in [3.05, 3.63) is 52.1 Å². The second-order valence-corrected chi connectivity index (χ2v) is 5.39. The number of hydrogen-bond acceptors (Lipinski definition) is 4. The molecule has 1 aromatic heterocycles. The van der Waals surface area contributed by atoms with Crippen molar-refractivity contribution in [2.45, 2.75) is 19.4 Å². The van der Waals surface area contributed by atoms with E-state index in [1.165, 1.54) is 18.5 Å². The number of benzene rings is 1. The summed E-state index contributed by atoms with van der Waals surface area (Å²) in [7, 11) is 1.57. The molecule has 2 aromatic rings. The van der Waals surface area contributed by atoms with E-state index in [0.29, 0.717) is 12.3 Å². The van der Waals surface area contributed by atoms with Crippen molar-refractivity contribution in [2.75, 3.05) is 13.7 Å². The molecule has 0 bridgehead atoms. The van der Waals surface area contributed by atoms with Gasteiger partial charge in [0.05, 0.1) is 18.8 Å². The molecule has 0 aliphatic rings. The van der Waals surface area contributed by atoms with E-state index in [1.54, 1.807) is 19.2 Å². The number of aromatic nitrogens is 2. The summed E-state index contributed by atoms with van der Waals surface area (Å²) in [5.41, 5.74) is 1.71. The maximum absolute atomic E-state index is 13.4. The minimum atomic E-state index is -0.247. The van der Waals surface area contributed by atoms with E-state index in [9.17, 15) is 4.39 Å². The Labute approximate surface area is 131 Å². The lowest BCUT2D eigenvalue weighted by atomic mass is 10.0. The Morgan fingerprint density at radius 3 is 2.86 bits per heavy atom. The van der Waals surface area contributed by atoms with Gasteiger partial charge in [0.15, 0.2) is 0 Å². The molecule has 1 heterocycles. The molecule has 2 rings (SSSR count). The summed E-state index contributed by atoms with van der Waals surface area (Å²) in [5.74, 6) is 0.268. The molecule has 0 amide bonds. The number of hydrogen-bond donors (Lipinski definition) is 1. The van der Waals surface area contributed by atoms with E-state index >= 15 is 0 Å². The minimum absolute atomic E-state index is 0.0370. The zero-order chi connectivity index (χ0) is 15.2. The van der Waals surface area contributed by atoms with Gasteiger partial charge in [0.25, 0.3) is 0 Å². The third-order valence-electron chi connectivity index (χ3n) is 3.11. The van der Waals surface area contributed by atoms with Crippen LogP contribution in [0.25, 0.3) is 0 Å². The zero-order valence-electron chi connectivity index (χ0n) is 11.9. The first kappa shape index (κ1) is 15.9. The minimum Gasteiger partial charge on any atom is -0.481 e. The molecule has 6 heteroatoms. The van der Waals surface area contributed by atoms with Crippen LogP contribution in [-0.2, 0) is 6.42 Å². The SMILES string of the molecule is CCNC(Cc1cc(F)ccc1Br)c1cc(OC)ncn1. The molecule has 0 radical (unpaired) electrons. The van der Waals surface area contributed by atoms with E-state index in [1.807, 2.05) is 6.92 Å². The number of halogens is 2. The van der Waals surface area contributed by atoms with Crippen molar-refractivity contribution in [1.29, 1.82) is 0 Å². The number of methoxy groups -OCH3 is 1. The average molecular weight is 354 g/mol. The molecule has 112 valence electrons. The molecule has 4 nitrogen and oxygen atoms in total. The first-order valence-electron chi connectivity index (χ1n) is 6.67. The molecule has 1 N–H and O–H groups in total. The quantitative estimate of drug-likeness (QED) is 0.865. The van der Waals surface area contributed by atoms with Crippen LogP contribution in [0.3, 0.4) is 0 Å². The Bertz CT molecular complexity index is 609. The molecule has 0 fully saturated rings. The van der Waals surface area contributed by atoms with Gasteiger partial charge in [0, 0.05) is 10.5 Å². The van der Waals surface area contributed by atoms with Gasteiger partial charge in [0.1, 0.15) is 12.1 Å². The van der Waals surface area contributed by atoms with Crippen molar-refractivity contribution >= 4 is 15.9 Å². The Kier molecular flexibility index (Phi) is 5.64. The Hall–Kier alpha value is -1.53. The van der Waals surface area contributed by atoms with Gasteiger partial charge >= 0.3 is 0 Å². The lowest BCUT2D eigenvalue weighted by molar-refractivity contribution is 0.393. The fourth-order valence-corrected chi connectivity index (χ4v) is 2.51. The van der Waals surface area contributed by atoms with Crippen LogP contribution in [0.15, 0.2) is 35.1 Å². The van der Waals surface area contributed by atoms with Crippen LogP contribution in [-0.4, -0.2) is 23.6 Å². The summed E-state index contributed by atoms with van der Waals surface area (Å²) >= 11 is 3.46. The van der Waals surface area contributed by atoms with Crippen molar-refractivity contribution in [3.63, 3.8) is 0 Å². The molecule has 0 aliphatic carbocycles. The normalized spacial score (nSPS) is 12.2. The van der Waals surface area contributed by atoms with Crippen molar-refractivity contribution in [1.82, 2.24) is 15.3 Å². The van der Waals surface area contributed by atoms with Gasteiger partial charge in [-0.25, -0.2) is 14.4 Å². The number of rotatable bonds is 6. The number of likely N-dealkylation sites (N-methyl/N-ethyl adjacent to an activating group) is 1. The van der Waals surface area contributed by atoms with Crippen LogP contribution < -0.4 is 10.1 Å². The molecule has 0 saturated heterocycles. The highest BCUT2D eigenvalue weighted by molar-refractivity contribution is 9.10. The second kappa shape index (κ2) is 7.47. The van der Waals surface area contributed by atoms with Gasteiger partial charge in [-0.1, -0.05) is 22.9 Å². The third kappa shape index (κ3) is 4.22. The van der Waals surface area contributed by atoms with Crippen molar-refractivity contribution in [3.8, 4) is 5.88 Å². The number of ether oxygens (including phenoxy) is 1. The summed E-state index contributed by atoms with van der Waals surface area (Å²) in [6.45, 7) is 2.80. The van der Waals surface area contributed by atoms with Crippen LogP contribution in [0.1, 0.15) is 24.2 Å². The maximum Gasteiger partial charge on any atom is 0.216 e. The standard InChI is InChI=1S/C15H17BrFN3O/c1-3-18-13(14-8-15(21-2)20-9-19-14)7-10-6-11(17)4-5-12(10)16/h4-6,8-9,13,18H,3,7H2,1-2H3. The highest BCUT2D eigenvalue weighted by Crippen LogP contribution is 2.25. The molecule has 0 spiro atoms. The van der Waals surface area contributed by atoms with E-state index in [4.69, 9.17) is 4.74 Å². The molecule has 0 aliphatic heterocycles. The molecule has 1 atom stereocenters. The Morgan fingerprint density at radius 1 is 1.33 bits per heavy atom. The second-order valence-electron chi connectivity index (χ2n) is 4.54. The zero-order valence-corrected chi connectivity index (χ0v) is 13.5. The summed E-state index contributed by atoms with van der Waals surface area (Å²) in [4.78, 5) is 8.30. The van der Waals surface area contributed by atoms with Gasteiger partial charge in [-0.05, 0) is 36.7 Å². The van der Waals surface area contributed by atoms with Crippen LogP contribution in [0, 0.1) is 5.82 Å². The van der Waals surface area contributed by atoms with E-state index in [0.717, 1.165) is 22.3 Å². The van der Waals surface area contributed by atoms with E-state index in [2.05, 4.69) is 31.2 Å². The Morgan fingerprint density at radius 2 is 2.14 bits per heavy atom. The van der Waals surface area contributed by atoms with Crippen LogP contribution in [0.5, 0.6) is 5.88 Å². The fraction of sp³-hybridized carbons (Fsp3) is 0.333. The first-order chi connectivity index (χ1) is 10.1. The fourth-order valence-electron chi connectivity index (χ4n) is 2.10. The highest BCUT2D eigenvalue weighted by atomic mass is 79.9. The first-order valence-corrected chi connectivity index (χ1v) is 7.46. The van der Waals surface area contributed by atoms with Gasteiger partial charge < -0.3 is 10.1 Å². The van der Waals surface area contributed by atoms with Gasteiger partial charge in [-0.3, -0.25) is 0 Å². The van der Waals surface area contributed by atoms with Crippen LogP contribution in [0.4, 0.5) is 4.39 Å². The van der Waals surface area contributed by atoms with Crippen LogP contribution >= 0.6 is 15.9 Å². The smallest absolute Gasteiger partial charge is 0.216 e. The number of nitrogens with one attached hydrogen (secondary N) is 1. The van der Waals surface area contributed by atoms with E-state index in [-0.39, 0.29) is 11.9 Å². The molecular weight excluding hydrogens is 337 g/mol. The molecular formula is C15H17BrFN3O. The monoisotopic (exact) mass is 353 g/mol. The lowest BCUT2D eigenvalue weighted by Gasteiger charge is -2.18. The van der Waals surface area contributed by atoms with Gasteiger partial charge in [-0.15, -0.1) is 0 Å². The maximum atomic E-state index is 13.4. The molecule has 1 aromatic carbocycles. The summed E-state index contributed by atoms with van der Waals surface area (Å²) < 4.78 is 19.4.